The van der Waals surface area contributed by atoms with Crippen LogP contribution in [0.3, 0.4) is 0 Å². The third-order valence-electron chi connectivity index (χ3n) is 14.0. The topological polar surface area (TPSA) is 78.9 Å². The highest BCUT2D eigenvalue weighted by molar-refractivity contribution is 5.71. The molecular formula is C76H124O6. The monoisotopic (exact) mass is 1130 g/mol. The van der Waals surface area contributed by atoms with Crippen molar-refractivity contribution in [1.29, 1.82) is 0 Å². The number of unbranched alkanes of at least 4 members (excludes halogenated alkanes) is 25. The first-order valence-electron chi connectivity index (χ1n) is 33.8. The van der Waals surface area contributed by atoms with E-state index in [2.05, 4.69) is 167 Å². The number of ether oxygens (including phenoxy) is 3. The van der Waals surface area contributed by atoms with Gasteiger partial charge in [0.05, 0.1) is 0 Å². The fourth-order valence-electron chi connectivity index (χ4n) is 8.98. The van der Waals surface area contributed by atoms with E-state index in [1.807, 2.05) is 0 Å². The summed E-state index contributed by atoms with van der Waals surface area (Å²) in [5.41, 5.74) is 0. The lowest BCUT2D eigenvalue weighted by Crippen LogP contribution is -2.30. The van der Waals surface area contributed by atoms with Gasteiger partial charge < -0.3 is 14.2 Å². The molecular weight excluding hydrogens is 1010 g/mol. The third kappa shape index (κ3) is 66.1. The first-order chi connectivity index (χ1) is 40.5. The number of rotatable bonds is 60. The Kier molecular flexibility index (Phi) is 64.8. The molecule has 1 unspecified atom stereocenters. The van der Waals surface area contributed by atoms with E-state index in [1.165, 1.54) is 103 Å². The number of esters is 3. The van der Waals surface area contributed by atoms with Crippen LogP contribution >= 0.6 is 0 Å². The molecule has 0 saturated heterocycles. The summed E-state index contributed by atoms with van der Waals surface area (Å²) >= 11 is 0. The molecule has 0 saturated carbocycles. The van der Waals surface area contributed by atoms with E-state index < -0.39 is 6.10 Å². The SMILES string of the molecule is CC/C=C\C/C=C\C/C=C\C/C=C\C/C=C\C/C=C\C/C=C\C/C=C\CCCCCCC(=O)OCC(COC(=O)CCCCCCC/C=C\C/C=C\CCCC)OC(=O)CCCCCCCCCCC/C=C\C/C=C\CCCCCCC. The Morgan fingerprint density at radius 1 is 0.256 bits per heavy atom. The Balaban J connectivity index is 4.43. The maximum absolute atomic E-state index is 12.9. The van der Waals surface area contributed by atoms with Gasteiger partial charge in [0.2, 0.25) is 0 Å². The average molecular weight is 1130 g/mol. The zero-order valence-corrected chi connectivity index (χ0v) is 53.2. The van der Waals surface area contributed by atoms with E-state index >= 15 is 0 Å². The van der Waals surface area contributed by atoms with Crippen LogP contribution in [0.25, 0.3) is 0 Å². The third-order valence-corrected chi connectivity index (χ3v) is 14.0. The minimum absolute atomic E-state index is 0.0995. The molecule has 0 fully saturated rings. The molecule has 0 aromatic rings. The smallest absolute Gasteiger partial charge is 0.306 e. The minimum atomic E-state index is -0.805. The lowest BCUT2D eigenvalue weighted by Gasteiger charge is -2.18. The summed E-state index contributed by atoms with van der Waals surface area (Å²) in [5, 5.41) is 0. The molecule has 0 radical (unpaired) electrons. The van der Waals surface area contributed by atoms with Crippen molar-refractivity contribution in [3.8, 4) is 0 Å². The standard InChI is InChI=1S/C76H124O6/c1-4-7-10-13-16-19-22-25-28-30-32-34-35-36-37-38-39-40-41-43-44-46-48-51-54-57-60-63-66-69-75(78)81-72-73(71-80-74(77)68-65-62-59-56-53-50-27-24-21-18-15-12-9-6-3)82-76(79)70-67-64-61-58-55-52-49-47-45-42-33-31-29-26-23-20-17-14-11-8-5-2/h7,10,15-16,18-19,23-28,31-34,36-37,39-40,43-44,48,51,73H,4-6,8-9,11-14,17,20-22,29-30,35,38,41-42,45-47,49-50,52-72H2,1-3H3/b10-7-,18-15-,19-16-,26-23-,27-24-,28-25-,33-31-,34-32-,37-36-,40-39-,44-43-,51-48-. The molecule has 0 aliphatic heterocycles. The van der Waals surface area contributed by atoms with Crippen molar-refractivity contribution in [3.05, 3.63) is 146 Å². The highest BCUT2D eigenvalue weighted by Crippen LogP contribution is 2.15. The van der Waals surface area contributed by atoms with Gasteiger partial charge in [-0.2, -0.15) is 0 Å². The molecule has 1 atom stereocenters. The molecule has 6 heteroatoms. The summed E-state index contributed by atoms with van der Waals surface area (Å²) < 4.78 is 16.9. The van der Waals surface area contributed by atoms with Crippen LogP contribution in [-0.2, 0) is 28.6 Å². The van der Waals surface area contributed by atoms with Crippen LogP contribution in [0.1, 0.15) is 297 Å². The molecule has 0 aromatic heterocycles. The number of allylic oxidation sites excluding steroid dienone is 24. The number of hydrogen-bond donors (Lipinski definition) is 0. The van der Waals surface area contributed by atoms with E-state index in [4.69, 9.17) is 14.2 Å². The molecule has 0 heterocycles. The summed E-state index contributed by atoms with van der Waals surface area (Å²) in [7, 11) is 0. The summed E-state index contributed by atoms with van der Waals surface area (Å²) in [6, 6.07) is 0. The summed E-state index contributed by atoms with van der Waals surface area (Å²) in [6.07, 6.45) is 98.5. The molecule has 82 heavy (non-hydrogen) atoms. The molecule has 0 N–H and O–H groups in total. The van der Waals surface area contributed by atoms with E-state index in [9.17, 15) is 14.4 Å². The van der Waals surface area contributed by atoms with Crippen molar-refractivity contribution in [2.45, 2.75) is 303 Å². The quantitative estimate of drug-likeness (QED) is 0.0261. The maximum Gasteiger partial charge on any atom is 0.306 e. The van der Waals surface area contributed by atoms with Crippen LogP contribution in [0.4, 0.5) is 0 Å². The van der Waals surface area contributed by atoms with E-state index in [0.717, 1.165) is 154 Å². The highest BCUT2D eigenvalue weighted by Gasteiger charge is 2.19. The van der Waals surface area contributed by atoms with Crippen LogP contribution < -0.4 is 0 Å². The van der Waals surface area contributed by atoms with E-state index in [0.29, 0.717) is 19.3 Å². The van der Waals surface area contributed by atoms with Gasteiger partial charge in [0, 0.05) is 19.3 Å². The predicted octanol–water partition coefficient (Wildman–Crippen LogP) is 23.5. The Morgan fingerprint density at radius 2 is 0.488 bits per heavy atom. The van der Waals surface area contributed by atoms with Gasteiger partial charge in [-0.25, -0.2) is 0 Å². The fourth-order valence-corrected chi connectivity index (χ4v) is 8.98. The number of carbonyl (C=O) groups excluding carboxylic acids is 3. The zero-order valence-electron chi connectivity index (χ0n) is 53.2. The molecule has 0 amide bonds. The summed E-state index contributed by atoms with van der Waals surface area (Å²) in [5.74, 6) is -0.940. The fraction of sp³-hybridized carbons (Fsp3) is 0.645. The van der Waals surface area contributed by atoms with E-state index in [1.54, 1.807) is 0 Å². The largest absolute Gasteiger partial charge is 0.462 e. The van der Waals surface area contributed by atoms with Gasteiger partial charge >= 0.3 is 17.9 Å². The maximum atomic E-state index is 12.9. The highest BCUT2D eigenvalue weighted by atomic mass is 16.6. The van der Waals surface area contributed by atoms with Crippen molar-refractivity contribution in [3.63, 3.8) is 0 Å². The summed E-state index contributed by atoms with van der Waals surface area (Å²) in [6.45, 7) is 6.45. The lowest BCUT2D eigenvalue weighted by atomic mass is 10.1. The second kappa shape index (κ2) is 68.8. The van der Waals surface area contributed by atoms with Crippen molar-refractivity contribution in [1.82, 2.24) is 0 Å². The Labute approximate surface area is 506 Å². The Hall–Kier alpha value is -4.71. The average Bonchev–Trinajstić information content (AvgIpc) is 3.47. The van der Waals surface area contributed by atoms with E-state index in [-0.39, 0.29) is 31.1 Å². The lowest BCUT2D eigenvalue weighted by molar-refractivity contribution is -0.167. The van der Waals surface area contributed by atoms with Gasteiger partial charge in [-0.05, 0) is 141 Å². The van der Waals surface area contributed by atoms with Gasteiger partial charge in [0.15, 0.2) is 6.10 Å². The molecule has 0 rings (SSSR count). The molecule has 464 valence electrons. The van der Waals surface area contributed by atoms with Crippen molar-refractivity contribution >= 4 is 17.9 Å². The summed E-state index contributed by atoms with van der Waals surface area (Å²) in [4.78, 5) is 38.4. The number of hydrogen-bond acceptors (Lipinski definition) is 6. The van der Waals surface area contributed by atoms with Crippen molar-refractivity contribution < 1.29 is 28.6 Å². The number of carbonyl (C=O) groups is 3. The van der Waals surface area contributed by atoms with Crippen molar-refractivity contribution in [2.75, 3.05) is 13.2 Å². The first-order valence-corrected chi connectivity index (χ1v) is 33.8. The Morgan fingerprint density at radius 3 is 0.780 bits per heavy atom. The molecule has 0 spiro atoms. The van der Waals surface area contributed by atoms with Crippen LogP contribution in [0, 0.1) is 0 Å². The molecule has 0 aliphatic carbocycles. The van der Waals surface area contributed by atoms with Crippen molar-refractivity contribution in [2.24, 2.45) is 0 Å². The second-order valence-electron chi connectivity index (χ2n) is 22.0. The van der Waals surface area contributed by atoms with Gasteiger partial charge in [-0.1, -0.05) is 282 Å². The van der Waals surface area contributed by atoms with Gasteiger partial charge in [0.1, 0.15) is 13.2 Å². The molecule has 0 bridgehead atoms. The predicted molar refractivity (Wildman–Crippen MR) is 357 cm³/mol. The minimum Gasteiger partial charge on any atom is -0.462 e. The van der Waals surface area contributed by atoms with Gasteiger partial charge in [0.25, 0.3) is 0 Å². The molecule has 0 aromatic carbocycles. The van der Waals surface area contributed by atoms with Crippen LogP contribution in [0.2, 0.25) is 0 Å². The van der Waals surface area contributed by atoms with Gasteiger partial charge in [-0.3, -0.25) is 14.4 Å². The molecule has 0 aliphatic rings. The van der Waals surface area contributed by atoms with Crippen LogP contribution in [-0.4, -0.2) is 37.2 Å². The zero-order chi connectivity index (χ0) is 59.2. The van der Waals surface area contributed by atoms with Gasteiger partial charge in [-0.15, -0.1) is 0 Å². The van der Waals surface area contributed by atoms with Crippen LogP contribution in [0.15, 0.2) is 146 Å². The first kappa shape index (κ1) is 77.3. The molecule has 6 nitrogen and oxygen atoms in total. The Bertz CT molecular complexity index is 1780. The van der Waals surface area contributed by atoms with Crippen LogP contribution in [0.5, 0.6) is 0 Å². The second-order valence-corrected chi connectivity index (χ2v) is 22.0. The normalized spacial score (nSPS) is 13.1.